The smallest absolute Gasteiger partial charge is 0.171 e. The molecule has 1 atom stereocenters. The van der Waals surface area contributed by atoms with Crippen molar-refractivity contribution in [1.29, 1.82) is 0 Å². The van der Waals surface area contributed by atoms with Gasteiger partial charge in [-0.1, -0.05) is 18.2 Å². The number of hydrogen-bond acceptors (Lipinski definition) is 4. The van der Waals surface area contributed by atoms with Crippen molar-refractivity contribution in [3.63, 3.8) is 0 Å². The number of ether oxygens (including phenoxy) is 1. The first-order valence-corrected chi connectivity index (χ1v) is 9.02. The predicted octanol–water partition coefficient (Wildman–Crippen LogP) is 3.57. The van der Waals surface area contributed by atoms with Crippen LogP contribution >= 0.6 is 0 Å². The lowest BCUT2D eigenvalue weighted by Crippen LogP contribution is -2.55. The van der Waals surface area contributed by atoms with Gasteiger partial charge in [-0.05, 0) is 26.0 Å². The van der Waals surface area contributed by atoms with E-state index in [0.717, 1.165) is 43.2 Å². The van der Waals surface area contributed by atoms with E-state index in [9.17, 15) is 4.39 Å². The summed E-state index contributed by atoms with van der Waals surface area (Å²) in [6.07, 6.45) is 2.74. The van der Waals surface area contributed by atoms with Crippen LogP contribution in [0.25, 0.3) is 11.1 Å². The third-order valence-electron chi connectivity index (χ3n) is 5.24. The third kappa shape index (κ3) is 3.09. The standard InChI is InChI=1S/C20H24FN3O/c1-14(2)23-8-9-24-16(13-23)7-10-25-19-11-15(12-22-20(19)24)17-5-3-4-6-18(17)21/h3-6,11-12,14,16H,7-10,13H2,1-2H3/t16-/m1/s1. The molecule has 4 rings (SSSR count). The Morgan fingerprint density at radius 3 is 2.88 bits per heavy atom. The van der Waals surface area contributed by atoms with Gasteiger partial charge in [-0.2, -0.15) is 0 Å². The summed E-state index contributed by atoms with van der Waals surface area (Å²) in [5.74, 6) is 1.42. The Bertz CT molecular complexity index is 764. The zero-order chi connectivity index (χ0) is 17.4. The Hall–Kier alpha value is -2.14. The molecule has 0 unspecified atom stereocenters. The van der Waals surface area contributed by atoms with Crippen LogP contribution in [0.1, 0.15) is 20.3 Å². The van der Waals surface area contributed by atoms with E-state index in [2.05, 4.69) is 28.6 Å². The van der Waals surface area contributed by atoms with Gasteiger partial charge in [-0.3, -0.25) is 4.90 Å². The Kier molecular flexibility index (Phi) is 4.34. The molecule has 3 heterocycles. The van der Waals surface area contributed by atoms with E-state index in [1.54, 1.807) is 18.3 Å². The highest BCUT2D eigenvalue weighted by atomic mass is 19.1. The highest BCUT2D eigenvalue weighted by Crippen LogP contribution is 2.36. The minimum atomic E-state index is -0.235. The fourth-order valence-corrected chi connectivity index (χ4v) is 3.78. The van der Waals surface area contributed by atoms with Gasteiger partial charge in [0.25, 0.3) is 0 Å². The van der Waals surface area contributed by atoms with Gasteiger partial charge in [-0.15, -0.1) is 0 Å². The summed E-state index contributed by atoms with van der Waals surface area (Å²) in [6, 6.07) is 9.70. The van der Waals surface area contributed by atoms with Gasteiger partial charge in [0, 0.05) is 55.5 Å². The maximum atomic E-state index is 14.1. The molecule has 2 aliphatic heterocycles. The van der Waals surface area contributed by atoms with Crippen LogP contribution in [0.15, 0.2) is 36.5 Å². The zero-order valence-electron chi connectivity index (χ0n) is 14.8. The fourth-order valence-electron chi connectivity index (χ4n) is 3.78. The minimum absolute atomic E-state index is 0.235. The van der Waals surface area contributed by atoms with Crippen molar-refractivity contribution >= 4 is 5.82 Å². The largest absolute Gasteiger partial charge is 0.490 e. The molecule has 0 aliphatic carbocycles. The lowest BCUT2D eigenvalue weighted by atomic mass is 10.1. The normalized spacial score (nSPS) is 20.6. The first-order valence-electron chi connectivity index (χ1n) is 9.02. The number of nitrogens with zero attached hydrogens (tertiary/aromatic N) is 3. The SMILES string of the molecule is CC(C)N1CCN2c3ncc(-c4ccccc4F)cc3OCC[C@@H]2C1. The number of pyridine rings is 1. The molecule has 2 aromatic rings. The van der Waals surface area contributed by atoms with Crippen LogP contribution in [-0.2, 0) is 0 Å². The van der Waals surface area contributed by atoms with E-state index in [1.807, 2.05) is 12.1 Å². The Morgan fingerprint density at radius 2 is 2.08 bits per heavy atom. The van der Waals surface area contributed by atoms with Gasteiger partial charge < -0.3 is 9.64 Å². The summed E-state index contributed by atoms with van der Waals surface area (Å²) >= 11 is 0. The molecule has 1 aromatic carbocycles. The van der Waals surface area contributed by atoms with Crippen molar-refractivity contribution in [2.75, 3.05) is 31.1 Å². The summed E-state index contributed by atoms with van der Waals surface area (Å²) in [6.45, 7) is 8.18. The van der Waals surface area contributed by atoms with Crippen LogP contribution < -0.4 is 9.64 Å². The average Bonchev–Trinajstić information content (AvgIpc) is 2.80. The Labute approximate surface area is 148 Å². The van der Waals surface area contributed by atoms with E-state index < -0.39 is 0 Å². The molecule has 0 amide bonds. The number of rotatable bonds is 2. The second-order valence-corrected chi connectivity index (χ2v) is 7.10. The highest BCUT2D eigenvalue weighted by Gasteiger charge is 2.32. The minimum Gasteiger partial charge on any atom is -0.490 e. The van der Waals surface area contributed by atoms with Gasteiger partial charge in [0.2, 0.25) is 0 Å². The maximum absolute atomic E-state index is 14.1. The Morgan fingerprint density at radius 1 is 1.24 bits per heavy atom. The fraction of sp³-hybridized carbons (Fsp3) is 0.450. The van der Waals surface area contributed by atoms with Gasteiger partial charge in [0.1, 0.15) is 5.82 Å². The van der Waals surface area contributed by atoms with Crippen molar-refractivity contribution in [2.45, 2.75) is 32.4 Å². The number of halogens is 1. The van der Waals surface area contributed by atoms with Crippen LogP contribution in [0.4, 0.5) is 10.2 Å². The maximum Gasteiger partial charge on any atom is 0.171 e. The van der Waals surface area contributed by atoms with Gasteiger partial charge in [0.15, 0.2) is 11.6 Å². The monoisotopic (exact) mass is 341 g/mol. The second kappa shape index (κ2) is 6.64. The molecule has 25 heavy (non-hydrogen) atoms. The molecule has 0 saturated carbocycles. The van der Waals surface area contributed by atoms with Crippen molar-refractivity contribution in [2.24, 2.45) is 0 Å². The topological polar surface area (TPSA) is 28.6 Å². The van der Waals surface area contributed by atoms with Crippen molar-refractivity contribution < 1.29 is 9.13 Å². The van der Waals surface area contributed by atoms with E-state index in [-0.39, 0.29) is 5.82 Å². The molecular formula is C20H24FN3O. The van der Waals surface area contributed by atoms with E-state index >= 15 is 0 Å². The molecule has 0 radical (unpaired) electrons. The van der Waals surface area contributed by atoms with Crippen molar-refractivity contribution in [3.05, 3.63) is 42.3 Å². The number of benzene rings is 1. The molecule has 132 valence electrons. The molecule has 2 aliphatic rings. The zero-order valence-corrected chi connectivity index (χ0v) is 14.8. The number of anilines is 1. The molecule has 1 saturated heterocycles. The molecule has 4 nitrogen and oxygen atoms in total. The van der Waals surface area contributed by atoms with Crippen molar-refractivity contribution in [1.82, 2.24) is 9.88 Å². The molecule has 0 bridgehead atoms. The first-order chi connectivity index (χ1) is 12.1. The van der Waals surface area contributed by atoms with E-state index in [0.29, 0.717) is 24.3 Å². The average molecular weight is 341 g/mol. The van der Waals surface area contributed by atoms with Crippen LogP contribution in [0, 0.1) is 5.82 Å². The van der Waals surface area contributed by atoms with Gasteiger partial charge in [-0.25, -0.2) is 9.37 Å². The molecule has 0 N–H and O–H groups in total. The molecule has 5 heteroatoms. The second-order valence-electron chi connectivity index (χ2n) is 7.10. The lowest BCUT2D eigenvalue weighted by Gasteiger charge is -2.42. The number of fused-ring (bicyclic) bond motifs is 3. The predicted molar refractivity (Wildman–Crippen MR) is 97.6 cm³/mol. The molecular weight excluding hydrogens is 317 g/mol. The highest BCUT2D eigenvalue weighted by molar-refractivity contribution is 5.69. The van der Waals surface area contributed by atoms with Crippen LogP contribution in [-0.4, -0.2) is 48.2 Å². The summed E-state index contributed by atoms with van der Waals surface area (Å²) < 4.78 is 20.1. The number of piperazine rings is 1. The third-order valence-corrected chi connectivity index (χ3v) is 5.24. The van der Waals surface area contributed by atoms with Crippen LogP contribution in [0.2, 0.25) is 0 Å². The summed E-state index contributed by atoms with van der Waals surface area (Å²) in [5.41, 5.74) is 1.32. The van der Waals surface area contributed by atoms with E-state index in [1.165, 1.54) is 6.07 Å². The molecule has 1 fully saturated rings. The summed E-state index contributed by atoms with van der Waals surface area (Å²) in [4.78, 5) is 9.55. The number of aromatic nitrogens is 1. The van der Waals surface area contributed by atoms with Gasteiger partial charge >= 0.3 is 0 Å². The van der Waals surface area contributed by atoms with Crippen LogP contribution in [0.5, 0.6) is 5.75 Å². The van der Waals surface area contributed by atoms with Gasteiger partial charge in [0.05, 0.1) is 6.61 Å². The van der Waals surface area contributed by atoms with Crippen LogP contribution in [0.3, 0.4) is 0 Å². The number of hydrogen-bond donors (Lipinski definition) is 0. The summed E-state index contributed by atoms with van der Waals surface area (Å²) in [5, 5.41) is 0. The lowest BCUT2D eigenvalue weighted by molar-refractivity contribution is 0.172. The molecule has 1 aromatic heterocycles. The quantitative estimate of drug-likeness (QED) is 0.835. The Balaban J connectivity index is 1.66. The van der Waals surface area contributed by atoms with E-state index in [4.69, 9.17) is 4.74 Å². The van der Waals surface area contributed by atoms with Crippen molar-refractivity contribution in [3.8, 4) is 16.9 Å². The molecule has 0 spiro atoms. The first kappa shape index (κ1) is 16.3. The summed E-state index contributed by atoms with van der Waals surface area (Å²) in [7, 11) is 0.